The van der Waals surface area contributed by atoms with Gasteiger partial charge in [-0.3, -0.25) is 0 Å². The number of benzene rings is 1. The van der Waals surface area contributed by atoms with Crippen molar-refractivity contribution in [1.29, 1.82) is 0 Å². The zero-order chi connectivity index (χ0) is 14.8. The van der Waals surface area contributed by atoms with Crippen molar-refractivity contribution >= 4 is 26.0 Å². The lowest BCUT2D eigenvalue weighted by Crippen LogP contribution is -2.28. The lowest BCUT2D eigenvalue weighted by atomic mass is 10.0. The summed E-state index contributed by atoms with van der Waals surface area (Å²) in [5.74, 6) is 0.441. The Balaban J connectivity index is 3.28. The molecule has 0 atom stereocenters. The Kier molecular flexibility index (Phi) is 5.59. The van der Waals surface area contributed by atoms with Crippen molar-refractivity contribution in [2.24, 2.45) is 5.92 Å². The van der Waals surface area contributed by atoms with Crippen LogP contribution in [0.15, 0.2) is 21.5 Å². The Labute approximate surface area is 125 Å². The van der Waals surface area contributed by atoms with Gasteiger partial charge in [-0.25, -0.2) is 13.1 Å². The van der Waals surface area contributed by atoms with Crippen LogP contribution >= 0.6 is 15.9 Å². The molecule has 0 aliphatic rings. The van der Waals surface area contributed by atoms with Crippen molar-refractivity contribution < 1.29 is 8.42 Å². The predicted octanol–water partition coefficient (Wildman–Crippen LogP) is 3.82. The molecular formula is C14H22BrNO2S. The third kappa shape index (κ3) is 4.29. The van der Waals surface area contributed by atoms with E-state index in [0.717, 1.165) is 15.6 Å². The van der Waals surface area contributed by atoms with Gasteiger partial charge in [-0.1, -0.05) is 43.6 Å². The van der Waals surface area contributed by atoms with Crippen LogP contribution in [0, 0.1) is 12.8 Å². The lowest BCUT2D eigenvalue weighted by molar-refractivity contribution is 0.558. The van der Waals surface area contributed by atoms with Crippen molar-refractivity contribution in [3.8, 4) is 0 Å². The molecule has 5 heteroatoms. The predicted molar refractivity (Wildman–Crippen MR) is 83.0 cm³/mol. The van der Waals surface area contributed by atoms with E-state index in [1.165, 1.54) is 0 Å². The summed E-state index contributed by atoms with van der Waals surface area (Å²) in [6.45, 7) is 10.3. The maximum absolute atomic E-state index is 12.4. The molecule has 1 rings (SSSR count). The fourth-order valence-corrected chi connectivity index (χ4v) is 3.71. The molecule has 0 radical (unpaired) electrons. The number of halogens is 1. The molecule has 0 spiro atoms. The molecule has 3 nitrogen and oxygen atoms in total. The van der Waals surface area contributed by atoms with E-state index in [4.69, 9.17) is 0 Å². The van der Waals surface area contributed by atoms with Crippen molar-refractivity contribution in [3.63, 3.8) is 0 Å². The molecule has 0 unspecified atom stereocenters. The van der Waals surface area contributed by atoms with Gasteiger partial charge in [0.15, 0.2) is 0 Å². The molecule has 0 saturated heterocycles. The summed E-state index contributed by atoms with van der Waals surface area (Å²) in [6.07, 6.45) is 0. The zero-order valence-corrected chi connectivity index (χ0v) is 14.5. The summed E-state index contributed by atoms with van der Waals surface area (Å²) in [7, 11) is -3.44. The highest BCUT2D eigenvalue weighted by atomic mass is 79.9. The largest absolute Gasteiger partial charge is 0.240 e. The Morgan fingerprint density at radius 3 is 2.26 bits per heavy atom. The molecule has 1 aromatic rings. The van der Waals surface area contributed by atoms with E-state index in [1.54, 1.807) is 6.07 Å². The van der Waals surface area contributed by atoms with Gasteiger partial charge >= 0.3 is 0 Å². The molecule has 0 aliphatic carbocycles. The van der Waals surface area contributed by atoms with Gasteiger partial charge in [-0.2, -0.15) is 0 Å². The second-order valence-electron chi connectivity index (χ2n) is 5.54. The van der Waals surface area contributed by atoms with Crippen molar-refractivity contribution in [1.82, 2.24) is 4.72 Å². The third-order valence-corrected chi connectivity index (χ3v) is 5.22. The van der Waals surface area contributed by atoms with E-state index in [9.17, 15) is 8.42 Å². The van der Waals surface area contributed by atoms with Crippen LogP contribution < -0.4 is 4.72 Å². The second-order valence-corrected chi connectivity index (χ2v) is 8.13. The molecule has 1 aromatic carbocycles. The molecular weight excluding hydrogens is 326 g/mol. The first-order chi connectivity index (χ1) is 8.65. The molecule has 0 amide bonds. The SMILES string of the molecule is Cc1cc(S(=O)(=O)NCC(C)C)c(C(C)C)cc1Br. The Morgan fingerprint density at radius 1 is 1.21 bits per heavy atom. The highest BCUT2D eigenvalue weighted by Crippen LogP contribution is 2.29. The van der Waals surface area contributed by atoms with E-state index in [0.29, 0.717) is 11.4 Å². The molecule has 0 heterocycles. The lowest BCUT2D eigenvalue weighted by Gasteiger charge is -2.16. The van der Waals surface area contributed by atoms with Crippen LogP contribution in [0.25, 0.3) is 0 Å². The van der Waals surface area contributed by atoms with Gasteiger partial charge < -0.3 is 0 Å². The fraction of sp³-hybridized carbons (Fsp3) is 0.571. The highest BCUT2D eigenvalue weighted by molar-refractivity contribution is 9.10. The molecule has 1 N–H and O–H groups in total. The minimum absolute atomic E-state index is 0.155. The molecule has 19 heavy (non-hydrogen) atoms. The summed E-state index contributed by atoms with van der Waals surface area (Å²) in [5.41, 5.74) is 1.77. The summed E-state index contributed by atoms with van der Waals surface area (Å²) < 4.78 is 28.4. The van der Waals surface area contributed by atoms with Crippen molar-refractivity contribution in [2.45, 2.75) is 45.4 Å². The van der Waals surface area contributed by atoms with E-state index >= 15 is 0 Å². The van der Waals surface area contributed by atoms with Gasteiger partial charge in [0.05, 0.1) is 4.90 Å². The number of hydrogen-bond donors (Lipinski definition) is 1. The van der Waals surface area contributed by atoms with Gasteiger partial charge in [0.2, 0.25) is 10.0 Å². The van der Waals surface area contributed by atoms with Gasteiger partial charge in [-0.05, 0) is 42.0 Å². The third-order valence-electron chi connectivity index (χ3n) is 2.88. The van der Waals surface area contributed by atoms with Crippen LogP contribution in [0.2, 0.25) is 0 Å². The Morgan fingerprint density at radius 2 is 1.79 bits per heavy atom. The molecule has 0 aliphatic heterocycles. The fourth-order valence-electron chi connectivity index (χ4n) is 1.71. The van der Waals surface area contributed by atoms with Crippen molar-refractivity contribution in [2.75, 3.05) is 6.54 Å². The van der Waals surface area contributed by atoms with Crippen LogP contribution in [0.4, 0.5) is 0 Å². The van der Waals surface area contributed by atoms with Crippen LogP contribution in [-0.2, 0) is 10.0 Å². The molecule has 108 valence electrons. The summed E-state index contributed by atoms with van der Waals surface area (Å²) >= 11 is 3.46. The van der Waals surface area contributed by atoms with Gasteiger partial charge in [-0.15, -0.1) is 0 Å². The van der Waals surface area contributed by atoms with Gasteiger partial charge in [0.1, 0.15) is 0 Å². The Bertz CT molecular complexity index is 551. The molecule has 0 fully saturated rings. The van der Waals surface area contributed by atoms with E-state index in [-0.39, 0.29) is 11.8 Å². The number of nitrogens with one attached hydrogen (secondary N) is 1. The minimum Gasteiger partial charge on any atom is -0.211 e. The maximum atomic E-state index is 12.4. The quantitative estimate of drug-likeness (QED) is 0.879. The topological polar surface area (TPSA) is 46.2 Å². The minimum atomic E-state index is -3.44. The van der Waals surface area contributed by atoms with E-state index in [1.807, 2.05) is 40.7 Å². The Hall–Kier alpha value is -0.390. The smallest absolute Gasteiger partial charge is 0.211 e. The molecule has 0 saturated carbocycles. The standard InChI is InChI=1S/C14H22BrNO2S/c1-9(2)8-16-19(17,18)14-6-11(5)13(15)7-12(14)10(3)4/h6-7,9-10,16H,8H2,1-5H3. The summed E-state index contributed by atoms with van der Waals surface area (Å²) in [6, 6.07) is 3.64. The zero-order valence-electron chi connectivity index (χ0n) is 12.1. The van der Waals surface area contributed by atoms with Crippen LogP contribution in [-0.4, -0.2) is 15.0 Å². The average Bonchev–Trinajstić information content (AvgIpc) is 2.29. The van der Waals surface area contributed by atoms with E-state index in [2.05, 4.69) is 20.7 Å². The number of rotatable bonds is 5. The monoisotopic (exact) mass is 347 g/mol. The number of aryl methyl sites for hydroxylation is 1. The number of hydrogen-bond acceptors (Lipinski definition) is 2. The van der Waals surface area contributed by atoms with Crippen molar-refractivity contribution in [3.05, 3.63) is 27.7 Å². The first-order valence-corrected chi connectivity index (χ1v) is 8.72. The molecule has 0 bridgehead atoms. The first-order valence-electron chi connectivity index (χ1n) is 6.45. The average molecular weight is 348 g/mol. The maximum Gasteiger partial charge on any atom is 0.240 e. The van der Waals surface area contributed by atoms with Crippen LogP contribution in [0.1, 0.15) is 44.7 Å². The first kappa shape index (κ1) is 16.7. The van der Waals surface area contributed by atoms with Gasteiger partial charge in [0.25, 0.3) is 0 Å². The van der Waals surface area contributed by atoms with Crippen LogP contribution in [0.3, 0.4) is 0 Å². The van der Waals surface area contributed by atoms with E-state index < -0.39 is 10.0 Å². The van der Waals surface area contributed by atoms with Crippen LogP contribution in [0.5, 0.6) is 0 Å². The molecule has 0 aromatic heterocycles. The summed E-state index contributed by atoms with van der Waals surface area (Å²) in [5, 5.41) is 0. The normalized spacial score (nSPS) is 12.4. The number of sulfonamides is 1. The van der Waals surface area contributed by atoms with Gasteiger partial charge in [0, 0.05) is 11.0 Å². The summed E-state index contributed by atoms with van der Waals surface area (Å²) in [4.78, 5) is 0.392. The second kappa shape index (κ2) is 6.37. The highest BCUT2D eigenvalue weighted by Gasteiger charge is 2.21.